The smallest absolute Gasteiger partial charge is 0.323 e. The van der Waals surface area contributed by atoms with Crippen LogP contribution in [0.4, 0.5) is 0 Å². The molecule has 0 aliphatic rings. The number of ether oxygens (including phenoxy) is 1. The van der Waals surface area contributed by atoms with Crippen LogP contribution in [0.3, 0.4) is 0 Å². The number of nitrogens with two attached hydrogens (primary N) is 1. The number of hydrogen-bond donors (Lipinski definition) is 3. The Morgan fingerprint density at radius 1 is 1.05 bits per heavy atom. The van der Waals surface area contributed by atoms with E-state index in [4.69, 9.17) is 10.5 Å². The van der Waals surface area contributed by atoms with Crippen molar-refractivity contribution in [3.63, 3.8) is 0 Å². The molecule has 0 unspecified atom stereocenters. The van der Waals surface area contributed by atoms with Gasteiger partial charge in [0, 0.05) is 0 Å². The molecular formula is C16H17NO4. The molecule has 2 rings (SSSR count). The van der Waals surface area contributed by atoms with Crippen molar-refractivity contribution in [2.75, 3.05) is 0 Å². The van der Waals surface area contributed by atoms with Crippen molar-refractivity contribution in [2.24, 2.45) is 5.73 Å². The molecule has 0 radical (unpaired) electrons. The molecule has 2 aromatic carbocycles. The topological polar surface area (TPSA) is 92.8 Å². The van der Waals surface area contributed by atoms with E-state index in [0.717, 1.165) is 5.56 Å². The minimum absolute atomic E-state index is 0.175. The third-order valence-corrected chi connectivity index (χ3v) is 3.02. The normalized spacial score (nSPS) is 11.9. The van der Waals surface area contributed by atoms with Gasteiger partial charge in [0.2, 0.25) is 0 Å². The molecule has 0 aliphatic carbocycles. The summed E-state index contributed by atoms with van der Waals surface area (Å²) in [5.41, 5.74) is 7.32. The van der Waals surface area contributed by atoms with E-state index in [9.17, 15) is 15.0 Å². The first-order chi connectivity index (χ1) is 10.1. The molecule has 0 fully saturated rings. The lowest BCUT2D eigenvalue weighted by Crippen LogP contribution is -2.34. The molecule has 5 heteroatoms. The zero-order valence-electron chi connectivity index (χ0n) is 11.4. The molecule has 110 valence electrons. The summed E-state index contributed by atoms with van der Waals surface area (Å²) in [6.45, 7) is 0.175. The van der Waals surface area contributed by atoms with Crippen LogP contribution in [0.25, 0.3) is 0 Å². The molecule has 5 nitrogen and oxygen atoms in total. The molecule has 0 heterocycles. The summed E-state index contributed by atoms with van der Waals surface area (Å²) in [4.78, 5) is 11.8. The second-order valence-corrected chi connectivity index (χ2v) is 4.73. The Morgan fingerprint density at radius 3 is 2.43 bits per heavy atom. The number of carbonyl (C=O) groups is 1. The number of phenolic OH excluding ortho intramolecular Hbond substituents is 2. The van der Waals surface area contributed by atoms with Crippen molar-refractivity contribution >= 4 is 5.97 Å². The summed E-state index contributed by atoms with van der Waals surface area (Å²) in [5, 5.41) is 18.6. The molecule has 4 N–H and O–H groups in total. The van der Waals surface area contributed by atoms with Gasteiger partial charge in [-0.2, -0.15) is 0 Å². The third kappa shape index (κ3) is 4.22. The van der Waals surface area contributed by atoms with Crippen molar-refractivity contribution in [1.82, 2.24) is 0 Å². The number of aromatic hydroxyl groups is 2. The number of hydrogen-bond acceptors (Lipinski definition) is 5. The van der Waals surface area contributed by atoms with Crippen LogP contribution in [-0.4, -0.2) is 22.2 Å². The Bertz CT molecular complexity index is 613. The first-order valence-corrected chi connectivity index (χ1v) is 6.53. The van der Waals surface area contributed by atoms with Gasteiger partial charge in [-0.15, -0.1) is 0 Å². The lowest BCUT2D eigenvalue weighted by Gasteiger charge is -2.12. The summed E-state index contributed by atoms with van der Waals surface area (Å²) in [7, 11) is 0. The van der Waals surface area contributed by atoms with Crippen LogP contribution < -0.4 is 5.73 Å². The highest BCUT2D eigenvalue weighted by molar-refractivity contribution is 5.76. The fourth-order valence-electron chi connectivity index (χ4n) is 1.87. The van der Waals surface area contributed by atoms with Crippen LogP contribution in [0.5, 0.6) is 11.5 Å². The maximum absolute atomic E-state index is 11.8. The zero-order chi connectivity index (χ0) is 15.2. The van der Waals surface area contributed by atoms with E-state index < -0.39 is 12.0 Å². The molecule has 1 atom stereocenters. The summed E-state index contributed by atoms with van der Waals surface area (Å²) >= 11 is 0. The number of carbonyl (C=O) groups excluding carboxylic acids is 1. The molecule has 21 heavy (non-hydrogen) atoms. The van der Waals surface area contributed by atoms with E-state index >= 15 is 0 Å². The standard InChI is InChI=1S/C16H17NO4/c17-13(8-12-6-7-14(18)15(19)9-12)16(20)21-10-11-4-2-1-3-5-11/h1-7,9,13,18-19H,8,10,17H2/t13-/m0/s1. The Morgan fingerprint density at radius 2 is 1.76 bits per heavy atom. The maximum atomic E-state index is 11.8. The second kappa shape index (κ2) is 6.76. The van der Waals surface area contributed by atoms with Crippen molar-refractivity contribution in [2.45, 2.75) is 19.1 Å². The second-order valence-electron chi connectivity index (χ2n) is 4.73. The van der Waals surface area contributed by atoms with Gasteiger partial charge in [0.05, 0.1) is 0 Å². The molecule has 0 bridgehead atoms. The van der Waals surface area contributed by atoms with E-state index in [0.29, 0.717) is 5.56 Å². The van der Waals surface area contributed by atoms with Crippen molar-refractivity contribution < 1.29 is 19.7 Å². The highest BCUT2D eigenvalue weighted by atomic mass is 16.5. The lowest BCUT2D eigenvalue weighted by atomic mass is 10.1. The lowest BCUT2D eigenvalue weighted by molar-refractivity contribution is -0.146. The number of benzene rings is 2. The van der Waals surface area contributed by atoms with Crippen LogP contribution in [0.15, 0.2) is 48.5 Å². The Labute approximate surface area is 122 Å². The predicted octanol–water partition coefficient (Wildman–Crippen LogP) is 1.71. The van der Waals surface area contributed by atoms with Crippen LogP contribution in [-0.2, 0) is 22.6 Å². The largest absolute Gasteiger partial charge is 0.504 e. The van der Waals surface area contributed by atoms with Gasteiger partial charge < -0.3 is 20.7 Å². The van der Waals surface area contributed by atoms with Gasteiger partial charge in [-0.25, -0.2) is 0 Å². The van der Waals surface area contributed by atoms with Crippen molar-refractivity contribution in [3.8, 4) is 11.5 Å². The molecule has 2 aromatic rings. The Balaban J connectivity index is 1.88. The van der Waals surface area contributed by atoms with Crippen LogP contribution in [0, 0.1) is 0 Å². The van der Waals surface area contributed by atoms with Gasteiger partial charge in [0.25, 0.3) is 0 Å². The van der Waals surface area contributed by atoms with Crippen LogP contribution >= 0.6 is 0 Å². The van der Waals surface area contributed by atoms with Crippen LogP contribution in [0.1, 0.15) is 11.1 Å². The summed E-state index contributed by atoms with van der Waals surface area (Å²) in [6, 6.07) is 12.8. The molecule has 0 spiro atoms. The number of phenols is 2. The number of esters is 1. The van der Waals surface area contributed by atoms with Gasteiger partial charge in [0.15, 0.2) is 11.5 Å². The molecular weight excluding hydrogens is 270 g/mol. The highest BCUT2D eigenvalue weighted by Crippen LogP contribution is 2.25. The van der Waals surface area contributed by atoms with E-state index in [1.54, 1.807) is 6.07 Å². The van der Waals surface area contributed by atoms with Gasteiger partial charge in [-0.3, -0.25) is 4.79 Å². The Kier molecular flexibility index (Phi) is 4.79. The minimum Gasteiger partial charge on any atom is -0.504 e. The third-order valence-electron chi connectivity index (χ3n) is 3.02. The highest BCUT2D eigenvalue weighted by Gasteiger charge is 2.16. The molecule has 0 saturated carbocycles. The van der Waals surface area contributed by atoms with Gasteiger partial charge in [-0.05, 0) is 29.7 Å². The summed E-state index contributed by atoms with van der Waals surface area (Å²) in [5.74, 6) is -0.956. The van der Waals surface area contributed by atoms with Gasteiger partial charge in [-0.1, -0.05) is 36.4 Å². The fraction of sp³-hybridized carbons (Fsp3) is 0.188. The summed E-state index contributed by atoms with van der Waals surface area (Å²) in [6.07, 6.45) is 0.224. The average Bonchev–Trinajstić information content (AvgIpc) is 2.49. The van der Waals surface area contributed by atoms with E-state index in [1.807, 2.05) is 30.3 Å². The Hall–Kier alpha value is -2.53. The molecule has 0 amide bonds. The molecule has 0 saturated heterocycles. The quantitative estimate of drug-likeness (QED) is 0.575. The SMILES string of the molecule is N[C@@H](Cc1ccc(O)c(O)c1)C(=O)OCc1ccccc1. The zero-order valence-corrected chi connectivity index (χ0v) is 11.4. The molecule has 0 aromatic heterocycles. The predicted molar refractivity (Wildman–Crippen MR) is 77.7 cm³/mol. The number of rotatable bonds is 5. The fourth-order valence-corrected chi connectivity index (χ4v) is 1.87. The van der Waals surface area contributed by atoms with E-state index in [1.165, 1.54) is 12.1 Å². The average molecular weight is 287 g/mol. The first-order valence-electron chi connectivity index (χ1n) is 6.53. The maximum Gasteiger partial charge on any atom is 0.323 e. The van der Waals surface area contributed by atoms with Gasteiger partial charge in [0.1, 0.15) is 12.6 Å². The minimum atomic E-state index is -0.822. The summed E-state index contributed by atoms with van der Waals surface area (Å²) < 4.78 is 5.14. The van der Waals surface area contributed by atoms with E-state index in [2.05, 4.69) is 0 Å². The molecule has 0 aliphatic heterocycles. The first kappa shape index (κ1) is 14.9. The van der Waals surface area contributed by atoms with Gasteiger partial charge >= 0.3 is 5.97 Å². The van der Waals surface area contributed by atoms with E-state index in [-0.39, 0.29) is 24.5 Å². The van der Waals surface area contributed by atoms with Crippen molar-refractivity contribution in [3.05, 3.63) is 59.7 Å². The van der Waals surface area contributed by atoms with Crippen LogP contribution in [0.2, 0.25) is 0 Å². The van der Waals surface area contributed by atoms with Crippen molar-refractivity contribution in [1.29, 1.82) is 0 Å². The monoisotopic (exact) mass is 287 g/mol.